The van der Waals surface area contributed by atoms with Gasteiger partial charge in [0.2, 0.25) is 10.0 Å². The van der Waals surface area contributed by atoms with Gasteiger partial charge in [0.25, 0.3) is 5.91 Å². The van der Waals surface area contributed by atoms with E-state index in [1.807, 2.05) is 0 Å². The molecule has 2 rings (SSSR count). The van der Waals surface area contributed by atoms with E-state index in [-0.39, 0.29) is 18.4 Å². The number of nitrogens with one attached hydrogen (secondary N) is 1. The maximum absolute atomic E-state index is 11.7. The summed E-state index contributed by atoms with van der Waals surface area (Å²) in [6, 6.07) is 3.56. The van der Waals surface area contributed by atoms with Crippen molar-refractivity contribution >= 4 is 15.9 Å². The van der Waals surface area contributed by atoms with Gasteiger partial charge < -0.3 is 0 Å². The van der Waals surface area contributed by atoms with Crippen molar-refractivity contribution in [1.82, 2.24) is 14.8 Å². The Labute approximate surface area is 117 Å². The van der Waals surface area contributed by atoms with Gasteiger partial charge in [-0.15, -0.1) is 0 Å². The van der Waals surface area contributed by atoms with Crippen molar-refractivity contribution in [3.8, 4) is 0 Å². The Hall–Kier alpha value is -1.51. The molecular formula is C12H17N3O4S. The van der Waals surface area contributed by atoms with E-state index in [9.17, 15) is 13.2 Å². The molecule has 7 nitrogen and oxygen atoms in total. The lowest BCUT2D eigenvalue weighted by atomic mass is 10.2. The molecule has 1 aliphatic heterocycles. The van der Waals surface area contributed by atoms with Crippen LogP contribution in [-0.2, 0) is 19.7 Å². The zero-order valence-corrected chi connectivity index (χ0v) is 12.0. The molecule has 110 valence electrons. The molecule has 20 heavy (non-hydrogen) atoms. The van der Waals surface area contributed by atoms with Gasteiger partial charge in [-0.3, -0.25) is 14.6 Å². The lowest BCUT2D eigenvalue weighted by molar-refractivity contribution is -0.138. The van der Waals surface area contributed by atoms with Gasteiger partial charge in [-0.1, -0.05) is 0 Å². The zero-order chi connectivity index (χ0) is 14.6. The number of hydrogen-bond acceptors (Lipinski definition) is 5. The number of amides is 1. The summed E-state index contributed by atoms with van der Waals surface area (Å²) >= 11 is 0. The summed E-state index contributed by atoms with van der Waals surface area (Å²) in [5, 5.41) is 0. The summed E-state index contributed by atoms with van der Waals surface area (Å²) in [5.41, 5.74) is 3.15. The zero-order valence-electron chi connectivity index (χ0n) is 11.2. The first kappa shape index (κ1) is 14.9. The van der Waals surface area contributed by atoms with Crippen molar-refractivity contribution in [2.24, 2.45) is 0 Å². The number of rotatable bonds is 5. The molecule has 0 bridgehead atoms. The Bertz CT molecular complexity index is 561. The number of carbonyl (C=O) groups is 1. The summed E-state index contributed by atoms with van der Waals surface area (Å²) in [7, 11) is -3.26. The number of hydrogen-bond donors (Lipinski definition) is 1. The third-order valence-corrected chi connectivity index (χ3v) is 4.95. The number of hydroxylamine groups is 1. The van der Waals surface area contributed by atoms with Gasteiger partial charge in [-0.25, -0.2) is 13.9 Å². The largest absolute Gasteiger partial charge is 0.271 e. The number of nitrogens with zero attached hydrogens (tertiary/aromatic N) is 2. The molecule has 0 aromatic carbocycles. The van der Waals surface area contributed by atoms with Crippen LogP contribution in [0.25, 0.3) is 0 Å². The Kier molecular flexibility index (Phi) is 4.69. The minimum atomic E-state index is -3.26. The van der Waals surface area contributed by atoms with Crippen LogP contribution in [0, 0.1) is 0 Å². The topological polar surface area (TPSA) is 88.6 Å². The van der Waals surface area contributed by atoms with E-state index < -0.39 is 15.9 Å². The molecule has 1 N–H and O–H groups in total. The quantitative estimate of drug-likeness (QED) is 0.786. The molecule has 1 aliphatic rings. The van der Waals surface area contributed by atoms with E-state index in [2.05, 4.69) is 10.5 Å². The normalized spacial score (nSPS) is 19.6. The fourth-order valence-electron chi connectivity index (χ4n) is 1.92. The van der Waals surface area contributed by atoms with Crippen LogP contribution < -0.4 is 5.48 Å². The molecule has 0 radical (unpaired) electrons. The van der Waals surface area contributed by atoms with Crippen LogP contribution in [-0.4, -0.2) is 42.5 Å². The highest BCUT2D eigenvalue weighted by Gasteiger charge is 2.29. The average molecular weight is 299 g/mol. The standard InChI is InChI=1S/C12H17N3O4S/c1-10(11-3-5-13-6-4-11)19-14-12(16)9-15-7-2-8-20(15,17)18/h3-6,10H,2,7-9H2,1H3,(H,14,16)/t10-/m0/s1. The van der Waals surface area contributed by atoms with Gasteiger partial charge in [-0.2, -0.15) is 4.31 Å². The van der Waals surface area contributed by atoms with E-state index in [1.165, 1.54) is 4.31 Å². The van der Waals surface area contributed by atoms with Crippen molar-refractivity contribution in [2.75, 3.05) is 18.8 Å². The Morgan fingerprint density at radius 3 is 2.80 bits per heavy atom. The third kappa shape index (κ3) is 3.75. The molecule has 1 amide bonds. The van der Waals surface area contributed by atoms with Gasteiger partial charge in [0.1, 0.15) is 6.10 Å². The second-order valence-electron chi connectivity index (χ2n) is 4.57. The van der Waals surface area contributed by atoms with Crippen molar-refractivity contribution in [1.29, 1.82) is 0 Å². The Balaban J connectivity index is 1.81. The fraction of sp³-hybridized carbons (Fsp3) is 0.500. The number of aromatic nitrogens is 1. The third-order valence-electron chi connectivity index (χ3n) is 3.05. The molecule has 0 aliphatic carbocycles. The van der Waals surface area contributed by atoms with E-state index in [4.69, 9.17) is 4.84 Å². The molecule has 2 heterocycles. The van der Waals surface area contributed by atoms with Crippen LogP contribution in [0.15, 0.2) is 24.5 Å². The monoisotopic (exact) mass is 299 g/mol. The Morgan fingerprint density at radius 2 is 2.20 bits per heavy atom. The average Bonchev–Trinajstić information content (AvgIpc) is 2.76. The minimum absolute atomic E-state index is 0.106. The minimum Gasteiger partial charge on any atom is -0.271 e. The van der Waals surface area contributed by atoms with Crippen molar-refractivity contribution < 1.29 is 18.0 Å². The predicted octanol–water partition coefficient (Wildman–Crippen LogP) is 0.226. The molecule has 0 spiro atoms. The first-order chi connectivity index (χ1) is 9.49. The lowest BCUT2D eigenvalue weighted by Gasteiger charge is -2.16. The first-order valence-electron chi connectivity index (χ1n) is 6.31. The van der Waals surface area contributed by atoms with Gasteiger partial charge in [0.05, 0.1) is 12.3 Å². The van der Waals surface area contributed by atoms with Crippen LogP contribution in [0.4, 0.5) is 0 Å². The second kappa shape index (κ2) is 6.29. The smallest absolute Gasteiger partial charge is 0.258 e. The molecule has 0 saturated carbocycles. The summed E-state index contributed by atoms with van der Waals surface area (Å²) in [6.07, 6.45) is 3.49. The summed E-state index contributed by atoms with van der Waals surface area (Å²) < 4.78 is 24.3. The second-order valence-corrected chi connectivity index (χ2v) is 6.66. The van der Waals surface area contributed by atoms with Crippen molar-refractivity contribution in [3.63, 3.8) is 0 Å². The van der Waals surface area contributed by atoms with Crippen molar-refractivity contribution in [2.45, 2.75) is 19.4 Å². The maximum Gasteiger partial charge on any atom is 0.258 e. The molecule has 8 heteroatoms. The highest BCUT2D eigenvalue weighted by Crippen LogP contribution is 2.14. The maximum atomic E-state index is 11.7. The predicted molar refractivity (Wildman–Crippen MR) is 71.9 cm³/mol. The van der Waals surface area contributed by atoms with Crippen LogP contribution in [0.2, 0.25) is 0 Å². The summed E-state index contributed by atoms with van der Waals surface area (Å²) in [6.45, 7) is 1.96. The van der Waals surface area contributed by atoms with Crippen LogP contribution in [0.3, 0.4) is 0 Å². The van der Waals surface area contributed by atoms with Gasteiger partial charge in [0, 0.05) is 18.9 Å². The number of pyridine rings is 1. The molecule has 1 aromatic rings. The van der Waals surface area contributed by atoms with Crippen LogP contribution in [0.5, 0.6) is 0 Å². The van der Waals surface area contributed by atoms with E-state index in [0.29, 0.717) is 13.0 Å². The molecule has 0 unspecified atom stereocenters. The molecular weight excluding hydrogens is 282 g/mol. The molecule has 1 atom stereocenters. The van der Waals surface area contributed by atoms with Gasteiger partial charge in [-0.05, 0) is 31.0 Å². The van der Waals surface area contributed by atoms with Crippen LogP contribution >= 0.6 is 0 Å². The van der Waals surface area contributed by atoms with Gasteiger partial charge >= 0.3 is 0 Å². The number of sulfonamides is 1. The molecule has 1 fully saturated rings. The van der Waals surface area contributed by atoms with E-state index >= 15 is 0 Å². The Morgan fingerprint density at radius 1 is 1.50 bits per heavy atom. The molecule has 1 aromatic heterocycles. The lowest BCUT2D eigenvalue weighted by Crippen LogP contribution is -2.38. The van der Waals surface area contributed by atoms with Crippen LogP contribution in [0.1, 0.15) is 25.0 Å². The number of carbonyl (C=O) groups excluding carboxylic acids is 1. The van der Waals surface area contributed by atoms with E-state index in [0.717, 1.165) is 5.56 Å². The molecule has 1 saturated heterocycles. The highest BCUT2D eigenvalue weighted by atomic mass is 32.2. The fourth-order valence-corrected chi connectivity index (χ4v) is 3.39. The highest BCUT2D eigenvalue weighted by molar-refractivity contribution is 7.89. The van der Waals surface area contributed by atoms with Gasteiger partial charge in [0.15, 0.2) is 0 Å². The summed E-state index contributed by atoms with van der Waals surface area (Å²) in [4.78, 5) is 20.8. The first-order valence-corrected chi connectivity index (χ1v) is 7.92. The summed E-state index contributed by atoms with van der Waals surface area (Å²) in [5.74, 6) is -0.370. The van der Waals surface area contributed by atoms with Crippen molar-refractivity contribution in [3.05, 3.63) is 30.1 Å². The SMILES string of the molecule is C[C@H](ONC(=O)CN1CCCS1(=O)=O)c1ccncc1. The van der Waals surface area contributed by atoms with E-state index in [1.54, 1.807) is 31.5 Å².